The quantitative estimate of drug-likeness (QED) is 0.360. The molecule has 0 aliphatic carbocycles. The highest BCUT2D eigenvalue weighted by atomic mass is 32.0. The van der Waals surface area contributed by atoms with Gasteiger partial charge in [0.25, 0.3) is 0 Å². The predicted molar refractivity (Wildman–Crippen MR) is 86.7 cm³/mol. The topological polar surface area (TPSA) is 55.8 Å². The number of carbonyl (C=O) groups excluding carboxylic acids is 2. The number of ketones is 2. The maximum atomic E-state index is 10.8. The zero-order chi connectivity index (χ0) is 15.2. The van der Waals surface area contributed by atoms with Gasteiger partial charge in [0.15, 0.2) is 0 Å². The molecule has 0 radical (unpaired) electrons. The normalized spacial score (nSPS) is 11.6. The van der Waals surface area contributed by atoms with Crippen molar-refractivity contribution in [3.05, 3.63) is 0 Å². The lowest BCUT2D eigenvalue weighted by atomic mass is 10.3. The highest BCUT2D eigenvalue weighted by molar-refractivity contribution is 8.02. The third kappa shape index (κ3) is 14.5. The average Bonchev–Trinajstić information content (AvgIpc) is 2.37. The second-order valence-corrected chi connectivity index (χ2v) is 6.56. The molecular formula is C13H27NO4P2. The molecule has 0 saturated carbocycles. The van der Waals surface area contributed by atoms with Crippen LogP contribution in [0.1, 0.15) is 26.7 Å². The maximum absolute atomic E-state index is 10.8. The van der Waals surface area contributed by atoms with Gasteiger partial charge in [-0.15, -0.1) is 8.93 Å². The second kappa shape index (κ2) is 14.0. The van der Waals surface area contributed by atoms with Gasteiger partial charge >= 0.3 is 0 Å². The maximum Gasteiger partial charge on any atom is 0.132 e. The predicted octanol–water partition coefficient (Wildman–Crippen LogP) is 1.71. The summed E-state index contributed by atoms with van der Waals surface area (Å²) in [6, 6.07) is 0. The standard InChI is InChI=1S/C13H27NO4P2/c1-12(15)3-7-17-9-5-14(11-20-19)6-10-18-8-4-13(2)16/h20H,3-11,19H2,1-2H3. The largest absolute Gasteiger partial charge is 0.380 e. The molecule has 0 bridgehead atoms. The van der Waals surface area contributed by atoms with Crippen molar-refractivity contribution in [1.29, 1.82) is 0 Å². The molecule has 0 saturated heterocycles. The molecule has 0 aliphatic rings. The van der Waals surface area contributed by atoms with E-state index in [0.717, 1.165) is 27.6 Å². The summed E-state index contributed by atoms with van der Waals surface area (Å²) in [7, 11) is 3.51. The highest BCUT2D eigenvalue weighted by Gasteiger charge is 2.04. The fourth-order valence-corrected chi connectivity index (χ4v) is 2.77. The lowest BCUT2D eigenvalue weighted by molar-refractivity contribution is -0.118. The average molecular weight is 323 g/mol. The molecule has 0 aromatic heterocycles. The Bertz CT molecular complexity index is 253. The molecule has 7 heteroatoms. The Morgan fingerprint density at radius 2 is 1.40 bits per heavy atom. The number of nitrogens with zero attached hydrogens (tertiary/aromatic N) is 1. The van der Waals surface area contributed by atoms with Crippen LogP contribution in [0.4, 0.5) is 0 Å². The Morgan fingerprint density at radius 3 is 1.75 bits per heavy atom. The van der Waals surface area contributed by atoms with Crippen molar-refractivity contribution in [3.8, 4) is 0 Å². The van der Waals surface area contributed by atoms with Gasteiger partial charge in [-0.25, -0.2) is 0 Å². The summed E-state index contributed by atoms with van der Waals surface area (Å²) in [4.78, 5) is 23.8. The summed E-state index contributed by atoms with van der Waals surface area (Å²) >= 11 is 0. The van der Waals surface area contributed by atoms with Crippen molar-refractivity contribution < 1.29 is 19.1 Å². The van der Waals surface area contributed by atoms with Crippen molar-refractivity contribution in [1.82, 2.24) is 4.90 Å². The van der Waals surface area contributed by atoms with Crippen LogP contribution in [0.2, 0.25) is 0 Å². The summed E-state index contributed by atoms with van der Waals surface area (Å²) in [5, 5.41) is 0. The molecule has 0 N–H and O–H groups in total. The van der Waals surface area contributed by atoms with Crippen molar-refractivity contribution in [3.63, 3.8) is 0 Å². The highest BCUT2D eigenvalue weighted by Crippen LogP contribution is 2.20. The number of carbonyl (C=O) groups is 2. The number of ether oxygens (including phenoxy) is 2. The smallest absolute Gasteiger partial charge is 0.132 e. The van der Waals surface area contributed by atoms with E-state index in [4.69, 9.17) is 9.47 Å². The van der Waals surface area contributed by atoms with E-state index in [1.807, 2.05) is 0 Å². The Balaban J connectivity index is 3.59. The fourth-order valence-electron chi connectivity index (χ4n) is 1.42. The van der Waals surface area contributed by atoms with Crippen LogP contribution in [-0.2, 0) is 19.1 Å². The second-order valence-electron chi connectivity index (χ2n) is 4.61. The van der Waals surface area contributed by atoms with Crippen LogP contribution in [0, 0.1) is 0 Å². The SMILES string of the molecule is CC(=O)CCOCCN(CCOCCC(C)=O)CPP. The van der Waals surface area contributed by atoms with Gasteiger partial charge in [-0.05, 0) is 13.8 Å². The van der Waals surface area contributed by atoms with E-state index in [-0.39, 0.29) is 11.6 Å². The summed E-state index contributed by atoms with van der Waals surface area (Å²) in [5.74, 6) is 0.319. The van der Waals surface area contributed by atoms with Crippen LogP contribution in [0.5, 0.6) is 0 Å². The lowest BCUT2D eigenvalue weighted by Gasteiger charge is -2.21. The molecule has 5 nitrogen and oxygen atoms in total. The monoisotopic (exact) mass is 323 g/mol. The van der Waals surface area contributed by atoms with Crippen molar-refractivity contribution in [2.24, 2.45) is 0 Å². The van der Waals surface area contributed by atoms with Gasteiger partial charge in [0.1, 0.15) is 11.6 Å². The van der Waals surface area contributed by atoms with Crippen LogP contribution < -0.4 is 0 Å². The zero-order valence-corrected chi connectivity index (χ0v) is 14.7. The first-order valence-electron chi connectivity index (χ1n) is 6.86. The first kappa shape index (κ1) is 20.1. The Labute approximate surface area is 126 Å². The third-order valence-corrected chi connectivity index (χ3v) is 3.79. The number of rotatable bonds is 14. The lowest BCUT2D eigenvalue weighted by Crippen LogP contribution is -2.30. The molecule has 0 aromatic carbocycles. The summed E-state index contributed by atoms with van der Waals surface area (Å²) in [6.07, 6.45) is 1.97. The van der Waals surface area contributed by atoms with Crippen LogP contribution in [0.3, 0.4) is 0 Å². The Morgan fingerprint density at radius 1 is 0.950 bits per heavy atom. The molecule has 2 atom stereocenters. The minimum Gasteiger partial charge on any atom is -0.380 e. The van der Waals surface area contributed by atoms with Crippen LogP contribution >= 0.6 is 17.2 Å². The van der Waals surface area contributed by atoms with E-state index in [2.05, 4.69) is 13.8 Å². The van der Waals surface area contributed by atoms with Crippen LogP contribution in [0.25, 0.3) is 0 Å². The van der Waals surface area contributed by atoms with Crippen molar-refractivity contribution in [2.45, 2.75) is 26.7 Å². The molecule has 0 fully saturated rings. The molecule has 2 unspecified atom stereocenters. The minimum absolute atomic E-state index is 0.159. The molecule has 0 heterocycles. The summed E-state index contributed by atoms with van der Waals surface area (Å²) in [5.41, 5.74) is 0. The number of Topliss-reactive ketones (excluding diaryl/α,β-unsaturated/α-hetero) is 2. The minimum atomic E-state index is 0.159. The number of hydrogen-bond acceptors (Lipinski definition) is 5. The van der Waals surface area contributed by atoms with E-state index in [1.165, 1.54) is 0 Å². The zero-order valence-electron chi connectivity index (χ0n) is 12.5. The van der Waals surface area contributed by atoms with E-state index in [0.29, 0.717) is 39.3 Å². The van der Waals surface area contributed by atoms with Gasteiger partial charge in [-0.1, -0.05) is 8.27 Å². The molecule has 0 rings (SSSR count). The molecule has 20 heavy (non-hydrogen) atoms. The molecule has 0 spiro atoms. The van der Waals surface area contributed by atoms with Gasteiger partial charge in [0.2, 0.25) is 0 Å². The summed E-state index contributed by atoms with van der Waals surface area (Å²) in [6.45, 7) is 7.10. The molecular weight excluding hydrogens is 296 g/mol. The third-order valence-electron chi connectivity index (χ3n) is 2.62. The van der Waals surface area contributed by atoms with Gasteiger partial charge in [0, 0.05) is 32.2 Å². The van der Waals surface area contributed by atoms with Gasteiger partial charge in [-0.2, -0.15) is 0 Å². The Kier molecular flexibility index (Phi) is 14.1. The first-order chi connectivity index (χ1) is 9.56. The summed E-state index contributed by atoms with van der Waals surface area (Å²) < 4.78 is 10.9. The van der Waals surface area contributed by atoms with E-state index in [1.54, 1.807) is 13.8 Å². The fraction of sp³-hybridized carbons (Fsp3) is 0.846. The Hall–Kier alpha value is 0.0800. The molecule has 0 aromatic rings. The van der Waals surface area contributed by atoms with Crippen LogP contribution in [0.15, 0.2) is 0 Å². The van der Waals surface area contributed by atoms with Gasteiger partial charge < -0.3 is 9.47 Å². The van der Waals surface area contributed by atoms with Gasteiger partial charge in [-0.3, -0.25) is 14.5 Å². The van der Waals surface area contributed by atoms with Crippen molar-refractivity contribution >= 4 is 28.8 Å². The molecule has 0 amide bonds. The first-order valence-corrected chi connectivity index (χ1v) is 9.88. The van der Waals surface area contributed by atoms with E-state index < -0.39 is 0 Å². The molecule has 0 aliphatic heterocycles. The van der Waals surface area contributed by atoms with E-state index >= 15 is 0 Å². The van der Waals surface area contributed by atoms with Crippen LogP contribution in [-0.4, -0.2) is 62.3 Å². The van der Waals surface area contributed by atoms with E-state index in [9.17, 15) is 9.59 Å². The molecule has 118 valence electrons. The van der Waals surface area contributed by atoms with Gasteiger partial charge in [0.05, 0.1) is 26.4 Å². The van der Waals surface area contributed by atoms with Crippen molar-refractivity contribution in [2.75, 3.05) is 45.8 Å². The number of hydrogen-bond donors (Lipinski definition) is 0.